The average Bonchev–Trinajstić information content (AvgIpc) is 3.01. The average molecular weight is 343 g/mol. The van der Waals surface area contributed by atoms with Crippen molar-refractivity contribution in [3.8, 4) is 0 Å². The lowest BCUT2D eigenvalue weighted by Gasteiger charge is -2.09. The molecule has 24 heavy (non-hydrogen) atoms. The van der Waals surface area contributed by atoms with Crippen LogP contribution >= 0.6 is 0 Å². The second-order valence-corrected chi connectivity index (χ2v) is 7.49. The van der Waals surface area contributed by atoms with Gasteiger partial charge in [-0.25, -0.2) is 12.9 Å². The van der Waals surface area contributed by atoms with Crippen LogP contribution < -0.4 is 5.32 Å². The van der Waals surface area contributed by atoms with Gasteiger partial charge in [-0.05, 0) is 36.2 Å². The number of amides is 1. The number of pyridine rings is 1. The van der Waals surface area contributed by atoms with Crippen molar-refractivity contribution in [3.05, 3.63) is 66.0 Å². The molecule has 1 N–H and O–H groups in total. The Morgan fingerprint density at radius 3 is 2.79 bits per heavy atom. The summed E-state index contributed by atoms with van der Waals surface area (Å²) >= 11 is 0. The van der Waals surface area contributed by atoms with Gasteiger partial charge in [-0.2, -0.15) is 5.10 Å². The van der Waals surface area contributed by atoms with E-state index in [0.717, 1.165) is 5.52 Å². The lowest BCUT2D eigenvalue weighted by Crippen LogP contribution is -2.26. The van der Waals surface area contributed by atoms with Crippen LogP contribution in [0.2, 0.25) is 0 Å². The third-order valence-electron chi connectivity index (χ3n) is 3.71. The second-order valence-electron chi connectivity index (χ2n) is 5.50. The number of aromatic nitrogens is 2. The fraction of sp³-hybridized carbons (Fsp3) is 0.176. The predicted octanol–water partition coefficient (Wildman–Crippen LogP) is 1.71. The lowest BCUT2D eigenvalue weighted by molar-refractivity contribution is 0.0954. The molecule has 0 aliphatic heterocycles. The molecule has 0 aliphatic carbocycles. The number of carbonyl (C=O) groups is 1. The van der Waals surface area contributed by atoms with Crippen molar-refractivity contribution in [1.29, 1.82) is 0 Å². The predicted molar refractivity (Wildman–Crippen MR) is 90.8 cm³/mol. The molecule has 0 saturated heterocycles. The smallest absolute Gasteiger partial charge is 0.251 e. The maximum absolute atomic E-state index is 12.2. The van der Waals surface area contributed by atoms with E-state index < -0.39 is 9.84 Å². The number of nitrogens with one attached hydrogen (secondary N) is 1. The van der Waals surface area contributed by atoms with Gasteiger partial charge in [0.15, 0.2) is 9.84 Å². The van der Waals surface area contributed by atoms with Gasteiger partial charge in [-0.3, -0.25) is 4.79 Å². The van der Waals surface area contributed by atoms with Crippen molar-refractivity contribution in [2.45, 2.75) is 11.3 Å². The van der Waals surface area contributed by atoms with Crippen LogP contribution in [0.4, 0.5) is 0 Å². The molecule has 6 nitrogen and oxygen atoms in total. The Morgan fingerprint density at radius 2 is 2.00 bits per heavy atom. The van der Waals surface area contributed by atoms with Crippen molar-refractivity contribution >= 4 is 21.3 Å². The Balaban J connectivity index is 1.67. The van der Waals surface area contributed by atoms with Gasteiger partial charge >= 0.3 is 0 Å². The van der Waals surface area contributed by atoms with Crippen LogP contribution in [0.3, 0.4) is 0 Å². The molecule has 0 saturated carbocycles. The first-order chi connectivity index (χ1) is 11.4. The van der Waals surface area contributed by atoms with Gasteiger partial charge in [0.25, 0.3) is 5.91 Å². The van der Waals surface area contributed by atoms with Crippen LogP contribution in [-0.4, -0.2) is 36.7 Å². The maximum atomic E-state index is 12.2. The van der Waals surface area contributed by atoms with E-state index in [2.05, 4.69) is 10.4 Å². The molecular weight excluding hydrogens is 326 g/mol. The van der Waals surface area contributed by atoms with Gasteiger partial charge in [0, 0.05) is 30.8 Å². The summed E-state index contributed by atoms with van der Waals surface area (Å²) in [5, 5.41) is 6.90. The number of hydrogen-bond acceptors (Lipinski definition) is 4. The van der Waals surface area contributed by atoms with Crippen molar-refractivity contribution in [2.75, 3.05) is 12.8 Å². The summed E-state index contributed by atoms with van der Waals surface area (Å²) in [6.07, 6.45) is 5.03. The van der Waals surface area contributed by atoms with Crippen LogP contribution in [0, 0.1) is 0 Å². The normalized spacial score (nSPS) is 11.5. The number of sulfone groups is 1. The van der Waals surface area contributed by atoms with Crippen molar-refractivity contribution in [2.24, 2.45) is 0 Å². The molecule has 0 atom stereocenters. The number of hydrogen-bond donors (Lipinski definition) is 1. The van der Waals surface area contributed by atoms with E-state index in [1.807, 2.05) is 6.07 Å². The minimum atomic E-state index is -3.28. The van der Waals surface area contributed by atoms with Crippen LogP contribution in [-0.2, 0) is 16.3 Å². The van der Waals surface area contributed by atoms with E-state index in [4.69, 9.17) is 0 Å². The van der Waals surface area contributed by atoms with E-state index in [1.54, 1.807) is 53.3 Å². The Morgan fingerprint density at radius 1 is 1.21 bits per heavy atom. The fourth-order valence-electron chi connectivity index (χ4n) is 2.55. The zero-order chi connectivity index (χ0) is 17.2. The monoisotopic (exact) mass is 343 g/mol. The van der Waals surface area contributed by atoms with E-state index in [-0.39, 0.29) is 5.91 Å². The Kier molecular flexibility index (Phi) is 4.35. The van der Waals surface area contributed by atoms with Gasteiger partial charge in [0.1, 0.15) is 0 Å². The largest absolute Gasteiger partial charge is 0.352 e. The third-order valence-corrected chi connectivity index (χ3v) is 4.91. The molecule has 3 aromatic rings. The fourth-order valence-corrected chi connectivity index (χ4v) is 3.52. The summed E-state index contributed by atoms with van der Waals surface area (Å²) < 4.78 is 25.2. The molecule has 0 radical (unpaired) electrons. The van der Waals surface area contributed by atoms with Crippen molar-refractivity contribution in [1.82, 2.24) is 14.9 Å². The molecule has 0 aliphatic rings. The van der Waals surface area contributed by atoms with E-state index in [1.165, 1.54) is 6.26 Å². The first-order valence-corrected chi connectivity index (χ1v) is 9.34. The van der Waals surface area contributed by atoms with Gasteiger partial charge in [-0.15, -0.1) is 0 Å². The zero-order valence-corrected chi connectivity index (χ0v) is 14.0. The Hall–Kier alpha value is -2.67. The third kappa shape index (κ3) is 3.46. The molecule has 3 rings (SSSR count). The maximum Gasteiger partial charge on any atom is 0.251 e. The van der Waals surface area contributed by atoms with Crippen LogP contribution in [0.1, 0.15) is 15.9 Å². The number of benzene rings is 1. The van der Waals surface area contributed by atoms with E-state index in [0.29, 0.717) is 29.0 Å². The quantitative estimate of drug-likeness (QED) is 0.765. The molecule has 1 amide bonds. The first kappa shape index (κ1) is 16.2. The summed E-state index contributed by atoms with van der Waals surface area (Å²) in [5.74, 6) is -0.199. The van der Waals surface area contributed by atoms with E-state index >= 15 is 0 Å². The van der Waals surface area contributed by atoms with Crippen molar-refractivity contribution < 1.29 is 13.2 Å². The van der Waals surface area contributed by atoms with Gasteiger partial charge in [0.2, 0.25) is 0 Å². The van der Waals surface area contributed by atoms with Crippen LogP contribution in [0.15, 0.2) is 59.8 Å². The summed E-state index contributed by atoms with van der Waals surface area (Å²) in [4.78, 5) is 12.5. The Labute approximate surface area is 140 Å². The highest BCUT2D eigenvalue weighted by atomic mass is 32.2. The molecule has 0 unspecified atom stereocenters. The molecule has 7 heteroatoms. The molecule has 2 heterocycles. The van der Waals surface area contributed by atoms with Crippen molar-refractivity contribution in [3.63, 3.8) is 0 Å². The van der Waals surface area contributed by atoms with Gasteiger partial charge < -0.3 is 5.32 Å². The Bertz CT molecular complexity index is 993. The van der Waals surface area contributed by atoms with Crippen LogP contribution in [0.25, 0.3) is 5.52 Å². The minimum Gasteiger partial charge on any atom is -0.352 e. The minimum absolute atomic E-state index is 0.199. The topological polar surface area (TPSA) is 80.5 Å². The van der Waals surface area contributed by atoms with Gasteiger partial charge in [-0.1, -0.05) is 18.2 Å². The number of nitrogens with zero attached hydrogens (tertiary/aromatic N) is 2. The molecule has 124 valence electrons. The summed E-state index contributed by atoms with van der Waals surface area (Å²) in [6.45, 7) is 0.357. The SMILES string of the molecule is CS(=O)(=O)c1ccccc1CCNC(=O)c1ccn2nccc2c1. The highest BCUT2D eigenvalue weighted by Crippen LogP contribution is 2.15. The second kappa shape index (κ2) is 6.45. The molecule has 2 aromatic heterocycles. The summed E-state index contributed by atoms with van der Waals surface area (Å²) in [7, 11) is -3.28. The highest BCUT2D eigenvalue weighted by molar-refractivity contribution is 7.90. The number of fused-ring (bicyclic) bond motifs is 1. The van der Waals surface area contributed by atoms with Crippen LogP contribution in [0.5, 0.6) is 0 Å². The van der Waals surface area contributed by atoms with E-state index in [9.17, 15) is 13.2 Å². The zero-order valence-electron chi connectivity index (χ0n) is 13.1. The summed E-state index contributed by atoms with van der Waals surface area (Å²) in [6, 6.07) is 12.1. The number of rotatable bonds is 5. The summed E-state index contributed by atoms with van der Waals surface area (Å²) in [5.41, 5.74) is 2.08. The molecule has 0 fully saturated rings. The number of carbonyl (C=O) groups excluding carboxylic acids is 1. The standard InChI is InChI=1S/C17H17N3O3S/c1-24(22,23)16-5-3-2-4-13(16)6-9-18-17(21)14-8-11-20-15(12-14)7-10-19-20/h2-5,7-8,10-12H,6,9H2,1H3,(H,18,21). The lowest BCUT2D eigenvalue weighted by atomic mass is 10.1. The molecule has 0 spiro atoms. The molecule has 1 aromatic carbocycles. The molecular formula is C17H17N3O3S. The highest BCUT2D eigenvalue weighted by Gasteiger charge is 2.13. The molecule has 0 bridgehead atoms. The van der Waals surface area contributed by atoms with Gasteiger partial charge in [0.05, 0.1) is 10.4 Å². The first-order valence-electron chi connectivity index (χ1n) is 7.45.